The Hall–Kier alpha value is -1.24. The van der Waals surface area contributed by atoms with Crippen LogP contribution < -0.4 is 5.32 Å². The Morgan fingerprint density at radius 1 is 1.62 bits per heavy atom. The fourth-order valence-electron chi connectivity index (χ4n) is 0.650. The molecule has 1 atom stereocenters. The summed E-state index contributed by atoms with van der Waals surface area (Å²) >= 11 is 0. The first-order valence-electron chi connectivity index (χ1n) is 3.60. The lowest BCUT2D eigenvalue weighted by Crippen LogP contribution is -2.26. The monoisotopic (exact) mass is 193 g/mol. The van der Waals surface area contributed by atoms with Crippen molar-refractivity contribution in [2.24, 2.45) is 0 Å². The number of alkyl halides is 2. The fourth-order valence-corrected chi connectivity index (χ4v) is 0.650. The highest BCUT2D eigenvalue weighted by molar-refractivity contribution is 5.17. The fraction of sp³-hybridized carbons (Fsp3) is 0.667. The maximum Gasteiger partial charge on any atom is 0.321 e. The van der Waals surface area contributed by atoms with Gasteiger partial charge < -0.3 is 14.9 Å². The lowest BCUT2D eigenvalue weighted by atomic mass is 10.4. The van der Waals surface area contributed by atoms with E-state index in [1.807, 2.05) is 0 Å². The molecule has 0 bridgehead atoms. The van der Waals surface area contributed by atoms with Crippen LogP contribution in [-0.2, 0) is 0 Å². The zero-order chi connectivity index (χ0) is 9.84. The van der Waals surface area contributed by atoms with Crippen molar-refractivity contribution in [1.82, 2.24) is 10.1 Å². The van der Waals surface area contributed by atoms with Crippen LogP contribution in [0.3, 0.4) is 0 Å². The molecule has 0 spiro atoms. The van der Waals surface area contributed by atoms with Gasteiger partial charge in [-0.25, -0.2) is 8.78 Å². The summed E-state index contributed by atoms with van der Waals surface area (Å²) in [5.74, 6) is 0.397. The number of aromatic nitrogens is 2. The van der Waals surface area contributed by atoms with E-state index in [-0.39, 0.29) is 12.6 Å². The highest BCUT2D eigenvalue weighted by atomic mass is 19.3. The van der Waals surface area contributed by atoms with E-state index in [2.05, 4.69) is 20.0 Å². The molecule has 1 heterocycles. The summed E-state index contributed by atoms with van der Waals surface area (Å²) in [5, 5.41) is 14.5. The predicted octanol–water partition coefficient (Wildman–Crippen LogP) is 0.416. The zero-order valence-electron chi connectivity index (χ0n) is 6.87. The number of rotatable bonds is 4. The van der Waals surface area contributed by atoms with Gasteiger partial charge in [-0.3, -0.25) is 0 Å². The maximum absolute atomic E-state index is 11.8. The summed E-state index contributed by atoms with van der Waals surface area (Å²) in [6.07, 6.45) is -4.51. The molecule has 5 nitrogen and oxygen atoms in total. The van der Waals surface area contributed by atoms with Crippen LogP contribution in [0.2, 0.25) is 0 Å². The minimum Gasteiger partial charge on any atom is -0.385 e. The van der Waals surface area contributed by atoms with Crippen molar-refractivity contribution in [3.05, 3.63) is 5.82 Å². The van der Waals surface area contributed by atoms with E-state index in [0.717, 1.165) is 0 Å². The highest BCUT2D eigenvalue weighted by Gasteiger charge is 2.17. The minimum absolute atomic E-state index is 0.0252. The van der Waals surface area contributed by atoms with Gasteiger partial charge in [0.2, 0.25) is 0 Å². The molecule has 0 aliphatic rings. The number of aliphatic hydroxyl groups excluding tert-OH is 1. The Kier molecular flexibility index (Phi) is 3.13. The molecular weight excluding hydrogens is 184 g/mol. The Bertz CT molecular complexity index is 266. The average Bonchev–Trinajstić information content (AvgIpc) is 2.47. The van der Waals surface area contributed by atoms with Gasteiger partial charge in [-0.2, -0.15) is 4.98 Å². The van der Waals surface area contributed by atoms with Gasteiger partial charge >= 0.3 is 6.01 Å². The van der Waals surface area contributed by atoms with Crippen LogP contribution >= 0.6 is 0 Å². The first-order chi connectivity index (χ1) is 6.09. The van der Waals surface area contributed by atoms with E-state index in [4.69, 9.17) is 5.11 Å². The van der Waals surface area contributed by atoms with Crippen molar-refractivity contribution >= 4 is 6.01 Å². The molecule has 1 unspecified atom stereocenters. The van der Waals surface area contributed by atoms with Crippen LogP contribution in [0, 0.1) is 6.92 Å². The van der Waals surface area contributed by atoms with E-state index >= 15 is 0 Å². The summed E-state index contributed by atoms with van der Waals surface area (Å²) in [6, 6.07) is 0.0252. The lowest BCUT2D eigenvalue weighted by molar-refractivity contribution is 0.00356. The summed E-state index contributed by atoms with van der Waals surface area (Å²) < 4.78 is 28.1. The van der Waals surface area contributed by atoms with Crippen molar-refractivity contribution < 1.29 is 18.4 Å². The van der Waals surface area contributed by atoms with Crippen LogP contribution in [0.15, 0.2) is 4.52 Å². The van der Waals surface area contributed by atoms with Gasteiger partial charge in [-0.1, -0.05) is 5.16 Å². The quantitative estimate of drug-likeness (QED) is 0.724. The second-order valence-corrected chi connectivity index (χ2v) is 2.43. The minimum atomic E-state index is -2.78. The van der Waals surface area contributed by atoms with E-state index in [1.54, 1.807) is 6.92 Å². The summed E-state index contributed by atoms with van der Waals surface area (Å²) in [4.78, 5) is 3.70. The third-order valence-electron chi connectivity index (χ3n) is 1.28. The van der Waals surface area contributed by atoms with Gasteiger partial charge in [-0.15, -0.1) is 0 Å². The average molecular weight is 193 g/mol. The van der Waals surface area contributed by atoms with Crippen molar-refractivity contribution in [1.29, 1.82) is 0 Å². The Morgan fingerprint density at radius 2 is 2.31 bits per heavy atom. The zero-order valence-corrected chi connectivity index (χ0v) is 6.87. The molecule has 0 saturated heterocycles. The van der Waals surface area contributed by atoms with Crippen molar-refractivity contribution in [3.63, 3.8) is 0 Å². The normalized spacial score (nSPS) is 13.3. The molecule has 7 heteroatoms. The van der Waals surface area contributed by atoms with Crippen LogP contribution in [0.4, 0.5) is 14.8 Å². The molecule has 0 aliphatic carbocycles. The van der Waals surface area contributed by atoms with E-state index in [9.17, 15) is 8.78 Å². The number of hydrogen-bond donors (Lipinski definition) is 2. The summed E-state index contributed by atoms with van der Waals surface area (Å²) in [7, 11) is 0. The van der Waals surface area contributed by atoms with Crippen LogP contribution in [0.25, 0.3) is 0 Å². The van der Waals surface area contributed by atoms with Gasteiger partial charge in [0.05, 0.1) is 6.54 Å². The molecule has 0 fully saturated rings. The molecule has 0 aromatic carbocycles. The first kappa shape index (κ1) is 9.85. The SMILES string of the molecule is Cc1noc(NCC(O)C(F)F)n1. The number of hydrogen-bond acceptors (Lipinski definition) is 5. The molecule has 2 N–H and O–H groups in total. The van der Waals surface area contributed by atoms with Gasteiger partial charge in [0, 0.05) is 0 Å². The van der Waals surface area contributed by atoms with Gasteiger partial charge in [0.1, 0.15) is 6.10 Å². The molecule has 74 valence electrons. The molecular formula is C6H9F2N3O2. The number of anilines is 1. The second-order valence-electron chi connectivity index (χ2n) is 2.43. The maximum atomic E-state index is 11.8. The van der Waals surface area contributed by atoms with Crippen molar-refractivity contribution in [2.75, 3.05) is 11.9 Å². The molecule has 1 aromatic heterocycles. The third-order valence-corrected chi connectivity index (χ3v) is 1.28. The van der Waals surface area contributed by atoms with Gasteiger partial charge in [0.25, 0.3) is 6.43 Å². The number of nitrogens with zero attached hydrogens (tertiary/aromatic N) is 2. The van der Waals surface area contributed by atoms with Gasteiger partial charge in [0.15, 0.2) is 5.82 Å². The number of halogens is 2. The Balaban J connectivity index is 2.35. The van der Waals surface area contributed by atoms with E-state index in [0.29, 0.717) is 5.82 Å². The van der Waals surface area contributed by atoms with E-state index in [1.165, 1.54) is 0 Å². The first-order valence-corrected chi connectivity index (χ1v) is 3.60. The van der Waals surface area contributed by atoms with Gasteiger partial charge in [-0.05, 0) is 6.92 Å². The van der Waals surface area contributed by atoms with Crippen molar-refractivity contribution in [2.45, 2.75) is 19.5 Å². The van der Waals surface area contributed by atoms with Crippen molar-refractivity contribution in [3.8, 4) is 0 Å². The standard InChI is InChI=1S/C6H9F2N3O2/c1-3-10-6(13-11-3)9-2-4(12)5(7)8/h4-5,12H,2H2,1H3,(H,9,10,11). The lowest BCUT2D eigenvalue weighted by Gasteiger charge is -2.07. The third kappa shape index (κ3) is 2.94. The molecule has 0 aliphatic heterocycles. The molecule has 0 amide bonds. The highest BCUT2D eigenvalue weighted by Crippen LogP contribution is 2.04. The Morgan fingerprint density at radius 3 is 2.77 bits per heavy atom. The Labute approximate surface area is 72.8 Å². The predicted molar refractivity (Wildman–Crippen MR) is 39.5 cm³/mol. The molecule has 0 saturated carbocycles. The number of nitrogens with one attached hydrogen (secondary N) is 1. The molecule has 0 radical (unpaired) electrons. The summed E-state index contributed by atoms with van der Waals surface area (Å²) in [5.41, 5.74) is 0. The molecule has 1 rings (SSSR count). The smallest absolute Gasteiger partial charge is 0.321 e. The topological polar surface area (TPSA) is 71.2 Å². The molecule has 13 heavy (non-hydrogen) atoms. The number of aryl methyl sites for hydroxylation is 1. The number of aliphatic hydroxyl groups is 1. The van der Waals surface area contributed by atoms with Crippen LogP contribution in [0.1, 0.15) is 5.82 Å². The van der Waals surface area contributed by atoms with Crippen LogP contribution in [0.5, 0.6) is 0 Å². The largest absolute Gasteiger partial charge is 0.385 e. The molecule has 1 aromatic rings. The second kappa shape index (κ2) is 4.13. The van der Waals surface area contributed by atoms with E-state index < -0.39 is 12.5 Å². The van der Waals surface area contributed by atoms with Crippen LogP contribution in [-0.4, -0.2) is 34.3 Å². The summed E-state index contributed by atoms with van der Waals surface area (Å²) in [6.45, 7) is 1.28.